The van der Waals surface area contributed by atoms with Crippen LogP contribution in [0.1, 0.15) is 15.9 Å². The van der Waals surface area contributed by atoms with Gasteiger partial charge in [-0.1, -0.05) is 18.2 Å². The lowest BCUT2D eigenvalue weighted by atomic mass is 10.0. The van der Waals surface area contributed by atoms with Crippen LogP contribution in [0.2, 0.25) is 0 Å². The second kappa shape index (κ2) is 6.47. The van der Waals surface area contributed by atoms with Gasteiger partial charge in [0.1, 0.15) is 0 Å². The maximum absolute atomic E-state index is 11.1. The summed E-state index contributed by atoms with van der Waals surface area (Å²) in [5.74, 6) is -0.815. The van der Waals surface area contributed by atoms with Crippen LogP contribution in [0.4, 0.5) is 11.5 Å². The molecule has 21 heavy (non-hydrogen) atoms. The highest BCUT2D eigenvalue weighted by Crippen LogP contribution is 2.20. The molecule has 7 heteroatoms. The number of rotatable bonds is 6. The molecule has 1 aromatic carbocycles. The van der Waals surface area contributed by atoms with E-state index < -0.39 is 10.9 Å². The number of carbonyl (C=O) groups is 1. The van der Waals surface area contributed by atoms with Crippen molar-refractivity contribution in [3.05, 3.63) is 63.8 Å². The Hall–Kier alpha value is -2.96. The summed E-state index contributed by atoms with van der Waals surface area (Å²) in [5, 5.41) is 22.8. The quantitative estimate of drug-likeness (QED) is 0.624. The number of carboxylic acids is 1. The van der Waals surface area contributed by atoms with Crippen molar-refractivity contribution in [3.63, 3.8) is 0 Å². The van der Waals surface area contributed by atoms with Crippen molar-refractivity contribution < 1.29 is 14.8 Å². The number of nitro groups is 1. The van der Waals surface area contributed by atoms with Gasteiger partial charge in [0.2, 0.25) is 5.82 Å². The molecule has 2 aromatic rings. The van der Waals surface area contributed by atoms with Crippen molar-refractivity contribution in [1.82, 2.24) is 4.98 Å². The van der Waals surface area contributed by atoms with E-state index >= 15 is 0 Å². The summed E-state index contributed by atoms with van der Waals surface area (Å²) in [6, 6.07) is 9.51. The Morgan fingerprint density at radius 3 is 2.76 bits per heavy atom. The average Bonchev–Trinajstić information content (AvgIpc) is 2.48. The van der Waals surface area contributed by atoms with E-state index in [1.807, 2.05) is 0 Å². The molecular formula is C14H13N3O4. The number of aromatic nitrogens is 1. The fourth-order valence-electron chi connectivity index (χ4n) is 1.94. The summed E-state index contributed by atoms with van der Waals surface area (Å²) >= 11 is 0. The molecule has 0 saturated heterocycles. The zero-order valence-corrected chi connectivity index (χ0v) is 11.0. The van der Waals surface area contributed by atoms with Gasteiger partial charge in [0, 0.05) is 18.8 Å². The molecule has 1 aromatic heterocycles. The van der Waals surface area contributed by atoms with Crippen molar-refractivity contribution in [2.24, 2.45) is 0 Å². The molecule has 0 spiro atoms. The third kappa shape index (κ3) is 3.53. The molecule has 0 radical (unpaired) electrons. The van der Waals surface area contributed by atoms with E-state index in [9.17, 15) is 14.9 Å². The normalized spacial score (nSPS) is 10.1. The lowest BCUT2D eigenvalue weighted by Crippen LogP contribution is -2.11. The molecule has 108 valence electrons. The minimum atomic E-state index is -0.991. The Morgan fingerprint density at radius 2 is 2.05 bits per heavy atom. The molecule has 0 aliphatic carbocycles. The highest BCUT2D eigenvalue weighted by molar-refractivity contribution is 5.89. The number of pyridine rings is 1. The van der Waals surface area contributed by atoms with Crippen molar-refractivity contribution in [2.75, 3.05) is 11.9 Å². The van der Waals surface area contributed by atoms with Crippen molar-refractivity contribution in [3.8, 4) is 0 Å². The lowest BCUT2D eigenvalue weighted by Gasteiger charge is -2.08. The lowest BCUT2D eigenvalue weighted by molar-refractivity contribution is -0.384. The van der Waals surface area contributed by atoms with Crippen LogP contribution in [-0.2, 0) is 6.42 Å². The van der Waals surface area contributed by atoms with Crippen molar-refractivity contribution in [2.45, 2.75) is 6.42 Å². The van der Waals surface area contributed by atoms with E-state index in [1.54, 1.807) is 18.2 Å². The average molecular weight is 287 g/mol. The standard InChI is InChI=1S/C14H13N3O4/c18-14(19)11-5-2-1-4-10(11)7-9-16-13-12(17(20)21)6-3-8-15-13/h1-6,8H,7,9H2,(H,15,16)(H,18,19). The predicted octanol–water partition coefficient (Wildman–Crippen LogP) is 2.34. The monoisotopic (exact) mass is 287 g/mol. The maximum atomic E-state index is 11.1. The van der Waals surface area contributed by atoms with Crippen LogP contribution in [0.3, 0.4) is 0 Å². The molecule has 2 N–H and O–H groups in total. The minimum absolute atomic E-state index is 0.107. The van der Waals surface area contributed by atoms with Gasteiger partial charge in [-0.2, -0.15) is 0 Å². The second-order valence-electron chi connectivity index (χ2n) is 4.27. The largest absolute Gasteiger partial charge is 0.478 e. The van der Waals surface area contributed by atoms with Gasteiger partial charge in [0.05, 0.1) is 10.5 Å². The predicted molar refractivity (Wildman–Crippen MR) is 76.5 cm³/mol. The van der Waals surface area contributed by atoms with E-state index in [4.69, 9.17) is 5.11 Å². The molecule has 0 bridgehead atoms. The Morgan fingerprint density at radius 1 is 1.29 bits per heavy atom. The number of nitrogens with zero attached hydrogens (tertiary/aromatic N) is 2. The topological polar surface area (TPSA) is 105 Å². The van der Waals surface area contributed by atoms with Gasteiger partial charge in [-0.05, 0) is 24.1 Å². The van der Waals surface area contributed by atoms with E-state index in [-0.39, 0.29) is 17.1 Å². The molecule has 0 atom stereocenters. The Bertz CT molecular complexity index is 615. The molecule has 0 amide bonds. The smallest absolute Gasteiger partial charge is 0.335 e. The Kier molecular flexibility index (Phi) is 4.45. The van der Waals surface area contributed by atoms with Gasteiger partial charge >= 0.3 is 11.7 Å². The van der Waals surface area contributed by atoms with Gasteiger partial charge in [-0.25, -0.2) is 9.78 Å². The van der Waals surface area contributed by atoms with E-state index in [0.717, 1.165) is 0 Å². The summed E-state index contributed by atoms with van der Waals surface area (Å²) < 4.78 is 0. The van der Waals surface area contributed by atoms with Crippen LogP contribution in [0, 0.1) is 10.1 Å². The molecule has 0 aliphatic rings. The molecule has 0 fully saturated rings. The number of benzene rings is 1. The molecule has 0 saturated carbocycles. The van der Waals surface area contributed by atoms with Crippen LogP contribution >= 0.6 is 0 Å². The first kappa shape index (κ1) is 14.4. The maximum Gasteiger partial charge on any atom is 0.335 e. The number of carboxylic acid groups (broad SMARTS) is 1. The third-order valence-electron chi connectivity index (χ3n) is 2.92. The van der Waals surface area contributed by atoms with Gasteiger partial charge in [-0.3, -0.25) is 10.1 Å². The van der Waals surface area contributed by atoms with E-state index in [1.165, 1.54) is 24.4 Å². The fraction of sp³-hybridized carbons (Fsp3) is 0.143. The number of hydrogen-bond acceptors (Lipinski definition) is 5. The zero-order valence-electron chi connectivity index (χ0n) is 11.0. The molecular weight excluding hydrogens is 274 g/mol. The van der Waals surface area contributed by atoms with E-state index in [2.05, 4.69) is 10.3 Å². The first-order valence-corrected chi connectivity index (χ1v) is 6.24. The van der Waals surface area contributed by atoms with Crippen molar-refractivity contribution in [1.29, 1.82) is 0 Å². The molecule has 0 aliphatic heterocycles. The van der Waals surface area contributed by atoms with Gasteiger partial charge in [0.25, 0.3) is 0 Å². The van der Waals surface area contributed by atoms with Crippen molar-refractivity contribution >= 4 is 17.5 Å². The first-order chi connectivity index (χ1) is 10.1. The molecule has 2 rings (SSSR count). The summed E-state index contributed by atoms with van der Waals surface area (Å²) in [7, 11) is 0. The molecule has 7 nitrogen and oxygen atoms in total. The van der Waals surface area contributed by atoms with Gasteiger partial charge in [-0.15, -0.1) is 0 Å². The number of hydrogen-bond donors (Lipinski definition) is 2. The summed E-state index contributed by atoms with van der Waals surface area (Å²) in [6.07, 6.45) is 1.89. The summed E-state index contributed by atoms with van der Waals surface area (Å²) in [6.45, 7) is 0.349. The highest BCUT2D eigenvalue weighted by Gasteiger charge is 2.14. The minimum Gasteiger partial charge on any atom is -0.478 e. The fourth-order valence-corrected chi connectivity index (χ4v) is 1.94. The Labute approximate surface area is 120 Å². The number of anilines is 1. The number of aromatic carboxylic acids is 1. The van der Waals surface area contributed by atoms with Crippen LogP contribution in [0.15, 0.2) is 42.6 Å². The summed E-state index contributed by atoms with van der Waals surface area (Å²) in [4.78, 5) is 25.3. The van der Waals surface area contributed by atoms with Crippen LogP contribution in [-0.4, -0.2) is 27.5 Å². The Balaban J connectivity index is 2.06. The summed E-state index contributed by atoms with van der Waals surface area (Å²) in [5.41, 5.74) is 0.787. The van der Waals surface area contributed by atoms with E-state index in [0.29, 0.717) is 18.5 Å². The van der Waals surface area contributed by atoms with Crippen LogP contribution < -0.4 is 5.32 Å². The second-order valence-corrected chi connectivity index (χ2v) is 4.27. The number of nitrogens with one attached hydrogen (secondary N) is 1. The van der Waals surface area contributed by atoms with Crippen LogP contribution in [0.5, 0.6) is 0 Å². The van der Waals surface area contributed by atoms with Gasteiger partial charge in [0.15, 0.2) is 0 Å². The first-order valence-electron chi connectivity index (χ1n) is 6.24. The van der Waals surface area contributed by atoms with Crippen LogP contribution in [0.25, 0.3) is 0 Å². The highest BCUT2D eigenvalue weighted by atomic mass is 16.6. The third-order valence-corrected chi connectivity index (χ3v) is 2.92. The molecule has 1 heterocycles. The molecule has 0 unspecified atom stereocenters. The van der Waals surface area contributed by atoms with Gasteiger partial charge < -0.3 is 10.4 Å². The zero-order chi connectivity index (χ0) is 15.2. The SMILES string of the molecule is O=C(O)c1ccccc1CCNc1ncccc1[N+](=O)[O-].